The number of hydrogen-bond donors (Lipinski definition) is 1. The van der Waals surface area contributed by atoms with Crippen LogP contribution in [-0.2, 0) is 24.9 Å². The van der Waals surface area contributed by atoms with Gasteiger partial charge in [-0.15, -0.1) is 35.9 Å². The summed E-state index contributed by atoms with van der Waals surface area (Å²) in [6, 6.07) is 16.8. The van der Waals surface area contributed by atoms with Gasteiger partial charge in [0, 0.05) is 43.2 Å². The average Bonchev–Trinajstić information content (AvgIpc) is 2.55. The molecule has 3 nitrogen and oxygen atoms in total. The van der Waals surface area contributed by atoms with Crippen LogP contribution < -0.4 is 0 Å². The fraction of sp³-hybridized carbons (Fsp3) is 0.364. The molecule has 2 aromatic rings. The van der Waals surface area contributed by atoms with Crippen molar-refractivity contribution in [1.82, 2.24) is 4.98 Å². The number of carbonyl (C=O) groups excluding carboxylic acids is 1. The van der Waals surface area contributed by atoms with E-state index in [1.54, 1.807) is 6.20 Å². The summed E-state index contributed by atoms with van der Waals surface area (Å²) in [7, 11) is 0. The topological polar surface area (TPSA) is 50.2 Å². The summed E-state index contributed by atoms with van der Waals surface area (Å²) in [6.45, 7) is 11.1. The Hall–Kier alpha value is -1.77. The molecule has 0 aliphatic carbocycles. The first kappa shape index (κ1) is 24.2. The third kappa shape index (κ3) is 8.55. The smallest absolute Gasteiger partial charge is 0.164 e. The Morgan fingerprint density at radius 1 is 1.00 bits per heavy atom. The molecule has 0 bridgehead atoms. The number of aromatic nitrogens is 1. The van der Waals surface area contributed by atoms with E-state index in [-0.39, 0.29) is 37.1 Å². The van der Waals surface area contributed by atoms with Gasteiger partial charge in [-0.1, -0.05) is 53.7 Å². The maximum atomic E-state index is 11.5. The largest absolute Gasteiger partial charge is 0.512 e. The molecule has 0 atom stereocenters. The molecule has 0 spiro atoms. The van der Waals surface area contributed by atoms with E-state index in [1.165, 1.54) is 6.08 Å². The first-order valence-electron chi connectivity index (χ1n) is 8.35. The van der Waals surface area contributed by atoms with Gasteiger partial charge in [-0.3, -0.25) is 4.79 Å². The van der Waals surface area contributed by atoms with Gasteiger partial charge in [-0.25, -0.2) is 0 Å². The fourth-order valence-corrected chi connectivity index (χ4v) is 1.63. The minimum absolute atomic E-state index is 0. The predicted molar refractivity (Wildman–Crippen MR) is 103 cm³/mol. The zero-order valence-corrected chi connectivity index (χ0v) is 18.7. The minimum atomic E-state index is -0.417. The van der Waals surface area contributed by atoms with Crippen molar-refractivity contribution in [2.45, 2.75) is 41.5 Å². The molecule has 1 radical (unpaired) electrons. The van der Waals surface area contributed by atoms with Crippen molar-refractivity contribution in [2.75, 3.05) is 0 Å². The second kappa shape index (κ2) is 10.4. The van der Waals surface area contributed by atoms with Crippen LogP contribution in [0.5, 0.6) is 0 Å². The van der Waals surface area contributed by atoms with E-state index < -0.39 is 5.41 Å². The summed E-state index contributed by atoms with van der Waals surface area (Å²) in [5, 5.41) is 9.56. The number of aliphatic hydroxyl groups is 1. The summed E-state index contributed by atoms with van der Waals surface area (Å²) < 4.78 is 0. The molecule has 0 saturated carbocycles. The number of benzene rings is 1. The van der Waals surface area contributed by atoms with Gasteiger partial charge >= 0.3 is 0 Å². The van der Waals surface area contributed by atoms with Crippen LogP contribution in [0.1, 0.15) is 41.5 Å². The molecular weight excluding hydrogens is 502 g/mol. The Kier molecular flexibility index (Phi) is 9.69. The number of hydrogen-bond acceptors (Lipinski definition) is 3. The molecule has 1 N–H and O–H groups in total. The molecule has 1 heterocycles. The molecule has 1 aromatic heterocycles. The van der Waals surface area contributed by atoms with Crippen LogP contribution in [0.2, 0.25) is 0 Å². The molecule has 0 fully saturated rings. The van der Waals surface area contributed by atoms with Crippen molar-refractivity contribution < 1.29 is 30.0 Å². The second-order valence-corrected chi connectivity index (χ2v) is 7.89. The summed E-state index contributed by atoms with van der Waals surface area (Å²) in [6.07, 6.45) is 3.12. The molecule has 0 unspecified atom stereocenters. The van der Waals surface area contributed by atoms with Gasteiger partial charge in [0.25, 0.3) is 0 Å². The molecule has 4 heteroatoms. The molecule has 0 aliphatic heterocycles. The number of carbonyl (C=O) groups is 1. The Bertz CT molecular complexity index is 659. The quantitative estimate of drug-likeness (QED) is 0.311. The van der Waals surface area contributed by atoms with Crippen LogP contribution in [-0.4, -0.2) is 15.9 Å². The molecule has 26 heavy (non-hydrogen) atoms. The third-order valence-corrected chi connectivity index (χ3v) is 3.43. The van der Waals surface area contributed by atoms with Crippen molar-refractivity contribution in [3.8, 4) is 11.3 Å². The Balaban J connectivity index is 0.000000463. The van der Waals surface area contributed by atoms with Gasteiger partial charge in [0.1, 0.15) is 5.76 Å². The van der Waals surface area contributed by atoms with Crippen LogP contribution in [0, 0.1) is 16.9 Å². The van der Waals surface area contributed by atoms with Gasteiger partial charge in [0.2, 0.25) is 0 Å². The molecule has 0 aliphatic rings. The summed E-state index contributed by atoms with van der Waals surface area (Å²) >= 11 is 0. The van der Waals surface area contributed by atoms with Crippen molar-refractivity contribution >= 4 is 5.78 Å². The van der Waals surface area contributed by atoms with Crippen molar-refractivity contribution in [3.63, 3.8) is 0 Å². The number of allylic oxidation sites excluding steroid dienone is 2. The minimum Gasteiger partial charge on any atom is -0.512 e. The maximum absolute atomic E-state index is 11.5. The van der Waals surface area contributed by atoms with E-state index >= 15 is 0 Å². The molecule has 0 saturated heterocycles. The van der Waals surface area contributed by atoms with Gasteiger partial charge in [0.05, 0.1) is 0 Å². The Labute approximate surface area is 170 Å². The van der Waals surface area contributed by atoms with E-state index in [2.05, 4.69) is 11.1 Å². The van der Waals surface area contributed by atoms with Crippen LogP contribution in [0.4, 0.5) is 0 Å². The van der Waals surface area contributed by atoms with Crippen molar-refractivity contribution in [3.05, 3.63) is 66.6 Å². The maximum Gasteiger partial charge on any atom is 0.164 e. The number of ketones is 1. The SMILES string of the molecule is CC(C)(C)C(=O)/C=C(\O)C(C)(C)C.[Ir].[c-]1ccccc1-c1ccccn1. The molecule has 143 valence electrons. The fourth-order valence-electron chi connectivity index (χ4n) is 1.63. The summed E-state index contributed by atoms with van der Waals surface area (Å²) in [4.78, 5) is 15.7. The third-order valence-electron chi connectivity index (χ3n) is 3.43. The van der Waals surface area contributed by atoms with Gasteiger partial charge < -0.3 is 10.1 Å². The van der Waals surface area contributed by atoms with Crippen molar-refractivity contribution in [2.24, 2.45) is 10.8 Å². The standard InChI is InChI=1S/C11H8N.C11H20O2.Ir/c1-2-6-10(7-3-1)11-8-4-5-9-12-11;1-10(2,3)8(12)7-9(13)11(4,5)6;/h1-6,8-9H;7,12H,1-6H3;/q-1;;/b;8-7-;. The van der Waals surface area contributed by atoms with E-state index in [9.17, 15) is 9.90 Å². The van der Waals surface area contributed by atoms with Crippen LogP contribution in [0.15, 0.2) is 60.5 Å². The Morgan fingerprint density at radius 2 is 1.62 bits per heavy atom. The number of rotatable bonds is 2. The summed E-state index contributed by atoms with van der Waals surface area (Å²) in [5.41, 5.74) is 1.25. The number of pyridine rings is 1. The van der Waals surface area contributed by atoms with E-state index in [1.807, 2.05) is 84.0 Å². The van der Waals surface area contributed by atoms with E-state index in [4.69, 9.17) is 0 Å². The molecule has 1 aromatic carbocycles. The average molecular weight is 531 g/mol. The first-order valence-corrected chi connectivity index (χ1v) is 8.35. The molecular formula is C22H28IrNO2-. The first-order chi connectivity index (χ1) is 11.5. The normalized spacial score (nSPS) is 11.7. The zero-order valence-electron chi connectivity index (χ0n) is 16.3. The Morgan fingerprint density at radius 3 is 2.04 bits per heavy atom. The van der Waals surface area contributed by atoms with Crippen LogP contribution >= 0.6 is 0 Å². The van der Waals surface area contributed by atoms with Gasteiger partial charge in [-0.05, 0) is 11.8 Å². The number of nitrogens with zero attached hydrogens (tertiary/aromatic N) is 1. The van der Waals surface area contributed by atoms with E-state index in [0.29, 0.717) is 0 Å². The second-order valence-electron chi connectivity index (χ2n) is 7.89. The zero-order chi connectivity index (χ0) is 19.1. The van der Waals surface area contributed by atoms with Crippen molar-refractivity contribution in [1.29, 1.82) is 0 Å². The van der Waals surface area contributed by atoms with Gasteiger partial charge in [0.15, 0.2) is 5.78 Å². The van der Waals surface area contributed by atoms with Crippen LogP contribution in [0.25, 0.3) is 11.3 Å². The molecule has 0 amide bonds. The monoisotopic (exact) mass is 531 g/mol. The predicted octanol–water partition coefficient (Wildman–Crippen LogP) is 5.64. The number of aliphatic hydroxyl groups excluding tert-OH is 1. The van der Waals surface area contributed by atoms with E-state index in [0.717, 1.165) is 11.3 Å². The van der Waals surface area contributed by atoms with Crippen LogP contribution in [0.3, 0.4) is 0 Å². The molecule has 2 rings (SSSR count). The summed E-state index contributed by atoms with van der Waals surface area (Å²) in [5.74, 6) is 0.104. The van der Waals surface area contributed by atoms with Gasteiger partial charge in [-0.2, -0.15) is 0 Å².